The highest BCUT2D eigenvalue weighted by atomic mass is 32.2. The van der Waals surface area contributed by atoms with E-state index >= 15 is 0 Å². The molecule has 0 saturated carbocycles. The van der Waals surface area contributed by atoms with E-state index in [1.807, 2.05) is 0 Å². The Morgan fingerprint density at radius 2 is 1.94 bits per heavy atom. The largest absolute Gasteiger partial charge is 0.313 e. The third-order valence-corrected chi connectivity index (χ3v) is 4.98. The molecule has 0 bridgehead atoms. The van der Waals surface area contributed by atoms with Gasteiger partial charge in [0.1, 0.15) is 0 Å². The molecule has 0 aromatic heterocycles. The number of hydrogen-bond acceptors (Lipinski definition) is 4. The second-order valence-electron chi connectivity index (χ2n) is 5.09. The van der Waals surface area contributed by atoms with Crippen molar-refractivity contribution in [2.24, 2.45) is 0 Å². The molecular weight excluding hydrogens is 238 g/mol. The number of likely N-dealkylation sites (tertiary alicyclic amines) is 1. The zero-order chi connectivity index (χ0) is 12.3. The SMILES string of the molecule is CS(=O)(=O)N(CCCN1CCCC1)C1CNC1. The van der Waals surface area contributed by atoms with Gasteiger partial charge >= 0.3 is 0 Å². The Balaban J connectivity index is 1.77. The van der Waals surface area contributed by atoms with Crippen molar-refractivity contribution in [2.75, 3.05) is 45.5 Å². The van der Waals surface area contributed by atoms with Crippen LogP contribution in [0.4, 0.5) is 0 Å². The lowest BCUT2D eigenvalue weighted by Crippen LogP contribution is -2.58. The summed E-state index contributed by atoms with van der Waals surface area (Å²) in [5, 5.41) is 3.13. The van der Waals surface area contributed by atoms with Crippen LogP contribution in [0.1, 0.15) is 19.3 Å². The molecule has 0 spiro atoms. The van der Waals surface area contributed by atoms with Crippen LogP contribution in [0.3, 0.4) is 0 Å². The summed E-state index contributed by atoms with van der Waals surface area (Å²) in [7, 11) is -3.05. The topological polar surface area (TPSA) is 52.7 Å². The van der Waals surface area contributed by atoms with Gasteiger partial charge in [-0.15, -0.1) is 0 Å². The normalized spacial score (nSPS) is 23.2. The highest BCUT2D eigenvalue weighted by Gasteiger charge is 2.30. The van der Waals surface area contributed by atoms with Crippen molar-refractivity contribution in [3.05, 3.63) is 0 Å². The van der Waals surface area contributed by atoms with Crippen molar-refractivity contribution in [1.29, 1.82) is 0 Å². The molecule has 6 heteroatoms. The molecule has 2 aliphatic heterocycles. The molecule has 0 unspecified atom stereocenters. The van der Waals surface area contributed by atoms with Crippen LogP contribution < -0.4 is 5.32 Å². The lowest BCUT2D eigenvalue weighted by Gasteiger charge is -2.36. The minimum Gasteiger partial charge on any atom is -0.313 e. The molecule has 5 nitrogen and oxygen atoms in total. The van der Waals surface area contributed by atoms with Crippen LogP contribution in [0.5, 0.6) is 0 Å². The molecule has 0 aliphatic carbocycles. The summed E-state index contributed by atoms with van der Waals surface area (Å²) in [6.07, 6.45) is 4.86. The van der Waals surface area contributed by atoms with Gasteiger partial charge in [-0.05, 0) is 38.9 Å². The summed E-state index contributed by atoms with van der Waals surface area (Å²) >= 11 is 0. The molecule has 0 amide bonds. The molecule has 0 aromatic rings. The van der Waals surface area contributed by atoms with E-state index in [1.165, 1.54) is 32.2 Å². The van der Waals surface area contributed by atoms with E-state index in [0.717, 1.165) is 26.1 Å². The number of rotatable bonds is 6. The molecule has 2 heterocycles. The Bertz CT molecular complexity index is 335. The number of sulfonamides is 1. The fourth-order valence-electron chi connectivity index (χ4n) is 2.55. The van der Waals surface area contributed by atoms with E-state index in [0.29, 0.717) is 6.54 Å². The Hall–Kier alpha value is -0.170. The molecule has 2 fully saturated rings. The van der Waals surface area contributed by atoms with Crippen molar-refractivity contribution in [3.8, 4) is 0 Å². The van der Waals surface area contributed by atoms with Crippen molar-refractivity contribution in [3.63, 3.8) is 0 Å². The van der Waals surface area contributed by atoms with Gasteiger partial charge in [-0.3, -0.25) is 0 Å². The molecule has 2 aliphatic rings. The smallest absolute Gasteiger partial charge is 0.211 e. The van der Waals surface area contributed by atoms with Crippen LogP contribution >= 0.6 is 0 Å². The van der Waals surface area contributed by atoms with Gasteiger partial charge in [0, 0.05) is 25.7 Å². The Morgan fingerprint density at radius 1 is 1.29 bits per heavy atom. The Kier molecular flexibility index (Phi) is 4.41. The lowest BCUT2D eigenvalue weighted by molar-refractivity contribution is 0.228. The average molecular weight is 261 g/mol. The van der Waals surface area contributed by atoms with Crippen molar-refractivity contribution in [1.82, 2.24) is 14.5 Å². The van der Waals surface area contributed by atoms with Gasteiger partial charge in [0.15, 0.2) is 0 Å². The predicted molar refractivity (Wildman–Crippen MR) is 68.5 cm³/mol. The molecule has 2 saturated heterocycles. The first-order valence-corrected chi connectivity index (χ1v) is 8.32. The third kappa shape index (κ3) is 3.64. The van der Waals surface area contributed by atoms with Crippen LogP contribution in [-0.4, -0.2) is 69.2 Å². The van der Waals surface area contributed by atoms with Gasteiger partial charge in [-0.25, -0.2) is 8.42 Å². The molecule has 1 N–H and O–H groups in total. The summed E-state index contributed by atoms with van der Waals surface area (Å²) in [5.74, 6) is 0. The van der Waals surface area contributed by atoms with Crippen molar-refractivity contribution in [2.45, 2.75) is 25.3 Å². The second kappa shape index (κ2) is 5.65. The first kappa shape index (κ1) is 13.3. The zero-order valence-electron chi connectivity index (χ0n) is 10.6. The quantitative estimate of drug-likeness (QED) is 0.714. The van der Waals surface area contributed by atoms with Crippen molar-refractivity contribution < 1.29 is 8.42 Å². The van der Waals surface area contributed by atoms with Gasteiger partial charge < -0.3 is 10.2 Å². The first-order chi connectivity index (χ1) is 8.07. The Labute approximate surface area is 104 Å². The molecule has 100 valence electrons. The fraction of sp³-hybridized carbons (Fsp3) is 1.00. The predicted octanol–water partition coefficient (Wildman–Crippen LogP) is -0.294. The van der Waals surface area contributed by atoms with Gasteiger partial charge in [0.2, 0.25) is 10.0 Å². The maximum Gasteiger partial charge on any atom is 0.211 e. The number of nitrogens with one attached hydrogen (secondary N) is 1. The maximum atomic E-state index is 11.7. The van der Waals surface area contributed by atoms with Gasteiger partial charge in [-0.2, -0.15) is 4.31 Å². The first-order valence-electron chi connectivity index (χ1n) is 6.47. The molecule has 0 atom stereocenters. The van der Waals surface area contributed by atoms with E-state index in [2.05, 4.69) is 10.2 Å². The zero-order valence-corrected chi connectivity index (χ0v) is 11.4. The number of hydrogen-bond donors (Lipinski definition) is 1. The number of nitrogens with zero attached hydrogens (tertiary/aromatic N) is 2. The fourth-order valence-corrected chi connectivity index (χ4v) is 3.70. The van der Waals surface area contributed by atoms with Gasteiger partial charge in [0.25, 0.3) is 0 Å². The third-order valence-electron chi connectivity index (χ3n) is 3.64. The van der Waals surface area contributed by atoms with Crippen molar-refractivity contribution >= 4 is 10.0 Å². The van der Waals surface area contributed by atoms with E-state index < -0.39 is 10.0 Å². The highest BCUT2D eigenvalue weighted by molar-refractivity contribution is 7.88. The summed E-state index contributed by atoms with van der Waals surface area (Å²) in [4.78, 5) is 2.43. The van der Waals surface area contributed by atoms with Crippen LogP contribution in [0, 0.1) is 0 Å². The van der Waals surface area contributed by atoms with E-state index in [4.69, 9.17) is 0 Å². The molecule has 2 rings (SSSR count). The minimum atomic E-state index is -3.05. The summed E-state index contributed by atoms with van der Waals surface area (Å²) in [6.45, 7) is 5.68. The van der Waals surface area contributed by atoms with Gasteiger partial charge in [-0.1, -0.05) is 0 Å². The van der Waals surface area contributed by atoms with Crippen LogP contribution in [0.15, 0.2) is 0 Å². The van der Waals surface area contributed by atoms with E-state index in [-0.39, 0.29) is 6.04 Å². The molecule has 0 aromatic carbocycles. The molecular formula is C11H23N3O2S. The maximum absolute atomic E-state index is 11.7. The van der Waals surface area contributed by atoms with Crippen LogP contribution in [0.25, 0.3) is 0 Å². The average Bonchev–Trinajstić information content (AvgIpc) is 2.64. The molecule has 17 heavy (non-hydrogen) atoms. The summed E-state index contributed by atoms with van der Waals surface area (Å²) in [5.41, 5.74) is 0. The van der Waals surface area contributed by atoms with E-state index in [9.17, 15) is 8.42 Å². The molecule has 0 radical (unpaired) electrons. The monoisotopic (exact) mass is 261 g/mol. The Morgan fingerprint density at radius 3 is 2.41 bits per heavy atom. The summed E-state index contributed by atoms with van der Waals surface area (Å²) < 4.78 is 25.0. The lowest BCUT2D eigenvalue weighted by atomic mass is 10.2. The standard InChI is InChI=1S/C11H23N3O2S/c1-17(15,16)14(11-9-12-10-11)8-4-7-13-5-2-3-6-13/h11-12H,2-10H2,1H3. The summed E-state index contributed by atoms with van der Waals surface area (Å²) in [6, 6.07) is 0.184. The highest BCUT2D eigenvalue weighted by Crippen LogP contribution is 2.12. The van der Waals surface area contributed by atoms with Gasteiger partial charge in [0.05, 0.1) is 6.26 Å². The minimum absolute atomic E-state index is 0.184. The van der Waals surface area contributed by atoms with Crippen LogP contribution in [-0.2, 0) is 10.0 Å². The van der Waals surface area contributed by atoms with E-state index in [1.54, 1.807) is 4.31 Å². The second-order valence-corrected chi connectivity index (χ2v) is 7.02. The van der Waals surface area contributed by atoms with Crippen LogP contribution in [0.2, 0.25) is 0 Å².